The average Bonchev–Trinajstić information content (AvgIpc) is 3.68. The fraction of sp³-hybridized carbons (Fsp3) is 0.400. The molecule has 0 aliphatic carbocycles. The topological polar surface area (TPSA) is 66.4 Å². The molecule has 0 radical (unpaired) electrons. The number of terminal acetylenes is 1. The molecule has 4 aliphatic heterocycles. The van der Waals surface area contributed by atoms with Gasteiger partial charge >= 0.3 is 6.01 Å². The van der Waals surface area contributed by atoms with E-state index >= 15 is 4.39 Å². The smallest absolute Gasteiger partial charge is 0.319 e. The number of ether oxygens (including phenoxy) is 1. The molecule has 0 spiro atoms. The number of fused-ring (bicyclic) bond motifs is 5. The van der Waals surface area contributed by atoms with Crippen molar-refractivity contribution in [2.24, 2.45) is 0 Å². The second-order valence-corrected chi connectivity index (χ2v) is 12.9. The number of alkyl halides is 1. The van der Waals surface area contributed by atoms with Crippen molar-refractivity contribution in [1.29, 1.82) is 0 Å². The van der Waals surface area contributed by atoms with E-state index in [-0.39, 0.29) is 41.0 Å². The van der Waals surface area contributed by atoms with Gasteiger partial charge < -0.3 is 15.0 Å². The molecule has 4 atom stereocenters. The highest BCUT2D eigenvalue weighted by molar-refractivity contribution is 6.02. The quantitative estimate of drug-likeness (QED) is 0.227. The number of nitrogens with one attached hydrogen (secondary N) is 1. The van der Waals surface area contributed by atoms with Gasteiger partial charge in [0.15, 0.2) is 5.82 Å². The molecule has 4 aromatic rings. The van der Waals surface area contributed by atoms with E-state index < -0.39 is 18.3 Å². The number of hydrogen-bond donors (Lipinski definition) is 1. The molecule has 2 aromatic carbocycles. The highest BCUT2D eigenvalue weighted by Gasteiger charge is 2.51. The number of anilines is 1. The van der Waals surface area contributed by atoms with E-state index in [0.29, 0.717) is 52.6 Å². The van der Waals surface area contributed by atoms with E-state index in [1.165, 1.54) is 6.07 Å². The SMILES string of the molecule is C#Cc1c(F)ccc2cccc(-c3ncc4c(N5C[C@H]6CC[C@@H](C5)N6)nc(OC[C@@]56CC[C@@H](CF)N5CC(=C)C6)nc4c3F)c12. The van der Waals surface area contributed by atoms with Crippen LogP contribution in [0, 0.1) is 24.0 Å². The van der Waals surface area contributed by atoms with E-state index in [1.54, 1.807) is 30.5 Å². The molecule has 2 bridgehead atoms. The maximum Gasteiger partial charge on any atom is 0.319 e. The van der Waals surface area contributed by atoms with Crippen molar-refractivity contribution >= 4 is 27.5 Å². The highest BCUT2D eigenvalue weighted by atomic mass is 19.1. The van der Waals surface area contributed by atoms with Gasteiger partial charge in [0.05, 0.1) is 16.5 Å². The Morgan fingerprint density at radius 2 is 1.93 bits per heavy atom. The first-order chi connectivity index (χ1) is 21.9. The second kappa shape index (κ2) is 10.7. The normalized spacial score (nSPS) is 26.1. The summed E-state index contributed by atoms with van der Waals surface area (Å²) in [7, 11) is 0. The summed E-state index contributed by atoms with van der Waals surface area (Å²) in [5.41, 5.74) is 1.18. The molecule has 2 aromatic heterocycles. The number of rotatable bonds is 6. The van der Waals surface area contributed by atoms with Crippen LogP contribution in [-0.4, -0.2) is 76.4 Å². The Bertz CT molecular complexity index is 1900. The van der Waals surface area contributed by atoms with Gasteiger partial charge in [0.1, 0.15) is 36.1 Å². The Labute approximate surface area is 259 Å². The van der Waals surface area contributed by atoms with Gasteiger partial charge in [0, 0.05) is 54.9 Å². The minimum absolute atomic E-state index is 0.0182. The first-order valence-electron chi connectivity index (χ1n) is 15.5. The van der Waals surface area contributed by atoms with Crippen LogP contribution in [0.4, 0.5) is 19.0 Å². The summed E-state index contributed by atoms with van der Waals surface area (Å²) >= 11 is 0. The van der Waals surface area contributed by atoms with E-state index in [1.807, 2.05) is 0 Å². The molecule has 230 valence electrons. The van der Waals surface area contributed by atoms with Gasteiger partial charge in [-0.25, -0.2) is 13.2 Å². The van der Waals surface area contributed by atoms with Crippen LogP contribution in [0.5, 0.6) is 6.01 Å². The molecule has 45 heavy (non-hydrogen) atoms. The van der Waals surface area contributed by atoms with Crippen LogP contribution in [0.2, 0.25) is 0 Å². The van der Waals surface area contributed by atoms with E-state index in [0.717, 1.165) is 44.3 Å². The van der Waals surface area contributed by atoms with E-state index in [4.69, 9.17) is 16.1 Å². The van der Waals surface area contributed by atoms with Crippen molar-refractivity contribution in [2.75, 3.05) is 37.8 Å². The summed E-state index contributed by atoms with van der Waals surface area (Å²) in [4.78, 5) is 18.4. The molecule has 4 aliphatic rings. The molecule has 4 saturated heterocycles. The first-order valence-corrected chi connectivity index (χ1v) is 15.5. The first kappa shape index (κ1) is 28.3. The highest BCUT2D eigenvalue weighted by Crippen LogP contribution is 2.45. The van der Waals surface area contributed by atoms with Crippen molar-refractivity contribution < 1.29 is 17.9 Å². The molecule has 7 nitrogen and oxygen atoms in total. The zero-order valence-electron chi connectivity index (χ0n) is 24.8. The van der Waals surface area contributed by atoms with Crippen molar-refractivity contribution in [2.45, 2.75) is 55.8 Å². The zero-order chi connectivity index (χ0) is 30.9. The maximum atomic E-state index is 16.8. The lowest BCUT2D eigenvalue weighted by molar-refractivity contribution is 0.0772. The molecule has 1 N–H and O–H groups in total. The third-order valence-electron chi connectivity index (χ3n) is 10.2. The minimum atomic E-state index is -0.661. The van der Waals surface area contributed by atoms with Crippen molar-refractivity contribution in [1.82, 2.24) is 25.2 Å². The predicted molar refractivity (Wildman–Crippen MR) is 168 cm³/mol. The number of aromatic nitrogens is 3. The summed E-state index contributed by atoms with van der Waals surface area (Å²) in [6.07, 6.45) is 11.7. The standard InChI is InChI=1S/C35H33F3N6O/c1-3-25-28(37)10-7-21-5-4-6-26(29(21)25)31-30(38)32-27(15-39-31)33(43-17-22-8-9-23(18-43)40-22)42-34(41-32)45-19-35-12-11-24(14-36)44(35)16-20(2)13-35/h1,4-7,10,15,22-24,40H,2,8-9,11-14,16-19H2/t22-,23+,24-,35-/m0/s1. The average molecular weight is 611 g/mol. The zero-order valence-corrected chi connectivity index (χ0v) is 24.8. The molecular weight excluding hydrogens is 577 g/mol. The van der Waals surface area contributed by atoms with Gasteiger partial charge in [-0.3, -0.25) is 9.88 Å². The van der Waals surface area contributed by atoms with Gasteiger partial charge in [-0.1, -0.05) is 42.3 Å². The van der Waals surface area contributed by atoms with Crippen molar-refractivity contribution in [3.05, 3.63) is 65.9 Å². The number of halogens is 3. The van der Waals surface area contributed by atoms with Gasteiger partial charge in [0.2, 0.25) is 0 Å². The Kier molecular flexibility index (Phi) is 6.73. The fourth-order valence-corrected chi connectivity index (χ4v) is 8.11. The summed E-state index contributed by atoms with van der Waals surface area (Å²) in [5.74, 6) is 1.78. The molecule has 4 fully saturated rings. The largest absolute Gasteiger partial charge is 0.461 e. The lowest BCUT2D eigenvalue weighted by atomic mass is 9.94. The summed E-state index contributed by atoms with van der Waals surface area (Å²) < 4.78 is 51.8. The number of hydrogen-bond acceptors (Lipinski definition) is 7. The molecule has 0 saturated carbocycles. The Hall–Kier alpha value is -4.20. The van der Waals surface area contributed by atoms with Crippen molar-refractivity contribution in [3.8, 4) is 29.6 Å². The van der Waals surface area contributed by atoms with Gasteiger partial charge in [-0.15, -0.1) is 6.42 Å². The fourth-order valence-electron chi connectivity index (χ4n) is 8.11. The third-order valence-corrected chi connectivity index (χ3v) is 10.2. The third kappa shape index (κ3) is 4.55. The summed E-state index contributed by atoms with van der Waals surface area (Å²) in [6, 6.07) is 8.72. The molecular formula is C35H33F3N6O. The molecule has 0 unspecified atom stereocenters. The summed E-state index contributed by atoms with van der Waals surface area (Å²) in [6.45, 7) is 6.07. The van der Waals surface area contributed by atoms with Crippen LogP contribution in [-0.2, 0) is 0 Å². The predicted octanol–water partition coefficient (Wildman–Crippen LogP) is 5.56. The molecule has 10 heteroatoms. The van der Waals surface area contributed by atoms with Gasteiger partial charge in [-0.2, -0.15) is 9.97 Å². The van der Waals surface area contributed by atoms with Gasteiger partial charge in [-0.05, 0) is 43.6 Å². The number of pyridine rings is 1. The van der Waals surface area contributed by atoms with Crippen LogP contribution in [0.15, 0.2) is 48.7 Å². The molecule has 6 heterocycles. The van der Waals surface area contributed by atoms with E-state index in [2.05, 4.69) is 37.6 Å². The van der Waals surface area contributed by atoms with Crippen LogP contribution in [0.3, 0.4) is 0 Å². The molecule has 8 rings (SSSR count). The number of piperazine rings is 1. The Balaban J connectivity index is 1.25. The lowest BCUT2D eigenvalue weighted by Crippen LogP contribution is -2.51. The summed E-state index contributed by atoms with van der Waals surface area (Å²) in [5, 5.41) is 5.20. The van der Waals surface area contributed by atoms with Crippen molar-refractivity contribution in [3.63, 3.8) is 0 Å². The number of benzene rings is 2. The van der Waals surface area contributed by atoms with Crippen LogP contribution >= 0.6 is 0 Å². The Morgan fingerprint density at radius 1 is 1.11 bits per heavy atom. The molecule has 0 amide bonds. The maximum absolute atomic E-state index is 16.8. The van der Waals surface area contributed by atoms with Gasteiger partial charge in [0.25, 0.3) is 0 Å². The lowest BCUT2D eigenvalue weighted by Gasteiger charge is -2.35. The van der Waals surface area contributed by atoms with Crippen LogP contribution in [0.1, 0.15) is 37.7 Å². The van der Waals surface area contributed by atoms with Crippen LogP contribution in [0.25, 0.3) is 32.9 Å². The Morgan fingerprint density at radius 3 is 2.71 bits per heavy atom. The van der Waals surface area contributed by atoms with E-state index in [9.17, 15) is 8.78 Å². The minimum Gasteiger partial charge on any atom is -0.461 e. The van der Waals surface area contributed by atoms with Crippen LogP contribution < -0.4 is 15.0 Å². The second-order valence-electron chi connectivity index (χ2n) is 12.9. The number of nitrogens with zero attached hydrogens (tertiary/aromatic N) is 5. The monoisotopic (exact) mass is 610 g/mol.